The van der Waals surface area contributed by atoms with Crippen LogP contribution >= 0.6 is 0 Å². The van der Waals surface area contributed by atoms with Gasteiger partial charge in [-0.15, -0.1) is 6.92 Å². The first kappa shape index (κ1) is 43.6. The van der Waals surface area contributed by atoms with Gasteiger partial charge in [-0.25, -0.2) is 5.57 Å². The van der Waals surface area contributed by atoms with Crippen LogP contribution in [0.25, 0.3) is 0 Å². The van der Waals surface area contributed by atoms with Crippen LogP contribution in [0.5, 0.6) is 0 Å². The number of halogens is 3. The van der Waals surface area contributed by atoms with Gasteiger partial charge < -0.3 is 37.2 Å². The summed E-state index contributed by atoms with van der Waals surface area (Å²) < 4.78 is 0. The molecule has 3 aromatic carbocycles. The first-order valence-electron chi connectivity index (χ1n) is 15.0. The molecule has 236 valence electrons. The third-order valence-electron chi connectivity index (χ3n) is 9.55. The van der Waals surface area contributed by atoms with E-state index in [9.17, 15) is 0 Å². The van der Waals surface area contributed by atoms with Crippen LogP contribution in [0, 0.1) is 6.08 Å². The standard InChI is InChI=1S/C36H51Si4.3ClH.Ti/c1-27-26-36(4,29(3)28(27)2)40(33-20-14-17-30(23-33)37(5,6)7,34-21-15-18-31(24-34)38(8,9)10)35-22-16-19-32(25-35)39(11,12)13;;;;/h14-25H,1-13H3;3*1H;/q-1;;;;+4/p-3. The van der Waals surface area contributed by atoms with Crippen LogP contribution in [0.1, 0.15) is 27.7 Å². The van der Waals surface area contributed by atoms with Crippen molar-refractivity contribution in [3.63, 3.8) is 0 Å². The second kappa shape index (κ2) is 15.2. The molecule has 0 aliphatic heterocycles. The Hall–Kier alpha value is -0.408. The Morgan fingerprint density at radius 2 is 0.773 bits per heavy atom. The molecule has 0 aromatic heterocycles. The van der Waals surface area contributed by atoms with Gasteiger partial charge in [-0.2, -0.15) is 11.1 Å². The van der Waals surface area contributed by atoms with Crippen molar-refractivity contribution in [2.45, 2.75) is 91.7 Å². The van der Waals surface area contributed by atoms with Crippen molar-refractivity contribution in [2.75, 3.05) is 0 Å². The molecule has 0 spiro atoms. The molecule has 44 heavy (non-hydrogen) atoms. The number of benzene rings is 3. The molecule has 8 heteroatoms. The normalized spacial score (nSPS) is 17.1. The topological polar surface area (TPSA) is 0 Å². The van der Waals surface area contributed by atoms with E-state index >= 15 is 0 Å². The third kappa shape index (κ3) is 7.82. The summed E-state index contributed by atoms with van der Waals surface area (Å²) in [5, 5.41) is 9.04. The van der Waals surface area contributed by atoms with E-state index in [1.807, 2.05) is 0 Å². The van der Waals surface area contributed by atoms with Crippen molar-refractivity contribution >= 4 is 63.4 Å². The smallest absolute Gasteiger partial charge is 1.00 e. The van der Waals surface area contributed by atoms with E-state index in [2.05, 4.69) is 165 Å². The maximum absolute atomic E-state index is 4.18. The van der Waals surface area contributed by atoms with E-state index in [0.29, 0.717) is 0 Å². The molecule has 0 radical (unpaired) electrons. The van der Waals surface area contributed by atoms with Gasteiger partial charge in [0.25, 0.3) is 0 Å². The molecule has 0 bridgehead atoms. The van der Waals surface area contributed by atoms with Crippen molar-refractivity contribution < 1.29 is 58.9 Å². The van der Waals surface area contributed by atoms with E-state index < -0.39 is 32.3 Å². The molecule has 0 fully saturated rings. The zero-order valence-corrected chi connectivity index (χ0v) is 36.9. The van der Waals surface area contributed by atoms with Crippen molar-refractivity contribution in [2.24, 2.45) is 0 Å². The Labute approximate surface area is 307 Å². The quantitative estimate of drug-likeness (QED) is 0.145. The molecular weight excluding hydrogens is 699 g/mol. The fourth-order valence-corrected chi connectivity index (χ4v) is 16.6. The maximum atomic E-state index is 4.18. The first-order chi connectivity index (χ1) is 18.3. The molecule has 0 nitrogen and oxygen atoms in total. The summed E-state index contributed by atoms with van der Waals surface area (Å²) >= 11 is 0. The maximum Gasteiger partial charge on any atom is 4.00 e. The van der Waals surface area contributed by atoms with E-state index in [0.717, 1.165) is 0 Å². The Kier molecular flexibility index (Phi) is 15.1. The molecule has 1 aliphatic rings. The Bertz CT molecular complexity index is 1370. The molecule has 4 rings (SSSR count). The summed E-state index contributed by atoms with van der Waals surface area (Å²) in [7, 11) is -7.33. The summed E-state index contributed by atoms with van der Waals surface area (Å²) in [6.07, 6.45) is 4.18. The van der Waals surface area contributed by atoms with Crippen LogP contribution in [0.4, 0.5) is 0 Å². The zero-order valence-electron chi connectivity index (χ0n) is 29.1. The molecule has 3 aromatic rings. The summed E-state index contributed by atoms with van der Waals surface area (Å²) in [6, 6.07) is 29.6. The van der Waals surface area contributed by atoms with Gasteiger partial charge in [-0.1, -0.05) is 173 Å². The Morgan fingerprint density at radius 3 is 1.00 bits per heavy atom. The molecule has 0 amide bonds. The summed E-state index contributed by atoms with van der Waals surface area (Å²) in [5.74, 6) is 0. The average Bonchev–Trinajstić information content (AvgIpc) is 3.06. The molecule has 1 aliphatic carbocycles. The van der Waals surface area contributed by atoms with Crippen LogP contribution in [0.3, 0.4) is 0 Å². The second-order valence-corrected chi connectivity index (χ2v) is 34.8. The van der Waals surface area contributed by atoms with E-state index in [1.165, 1.54) is 32.3 Å². The molecule has 0 N–H and O–H groups in total. The van der Waals surface area contributed by atoms with Crippen molar-refractivity contribution in [3.8, 4) is 0 Å². The van der Waals surface area contributed by atoms with Gasteiger partial charge in [-0.3, -0.25) is 6.08 Å². The fraction of sp³-hybridized carbons (Fsp3) is 0.389. The number of allylic oxidation sites excluding steroid dienone is 4. The van der Waals surface area contributed by atoms with Crippen LogP contribution in [0.15, 0.2) is 89.5 Å². The number of rotatable bonds is 7. The minimum atomic E-state index is -2.72. The van der Waals surface area contributed by atoms with Gasteiger partial charge in [0.15, 0.2) is 0 Å². The monoisotopic (exact) mass is 748 g/mol. The van der Waals surface area contributed by atoms with Crippen LogP contribution < -0.4 is 68.3 Å². The fourth-order valence-electron chi connectivity index (χ4n) is 6.62. The molecule has 0 saturated heterocycles. The molecule has 0 saturated carbocycles. The SMILES string of the molecule is CC1=[C-]C(C)([Si](c2cccc([Si](C)(C)C)c2)(c2cccc([Si](C)(C)C)c2)c2cccc([Si](C)(C)C)c2)C(C)=C1C.[Cl-].[Cl-].[Cl-].[Ti+4]. The van der Waals surface area contributed by atoms with Crippen LogP contribution in [0.2, 0.25) is 64.0 Å². The van der Waals surface area contributed by atoms with Crippen LogP contribution in [-0.2, 0) is 21.7 Å². The molecule has 0 heterocycles. The average molecular weight is 750 g/mol. The molecule has 1 unspecified atom stereocenters. The van der Waals surface area contributed by atoms with E-state index in [-0.39, 0.29) is 64.0 Å². The Morgan fingerprint density at radius 1 is 0.500 bits per heavy atom. The minimum absolute atomic E-state index is 0. The van der Waals surface area contributed by atoms with Gasteiger partial charge in [0.05, 0.1) is 24.2 Å². The summed E-state index contributed by atoms with van der Waals surface area (Å²) in [5.41, 5.74) is 4.23. The van der Waals surface area contributed by atoms with E-state index in [4.69, 9.17) is 0 Å². The summed E-state index contributed by atoms with van der Waals surface area (Å²) in [4.78, 5) is 0. The van der Waals surface area contributed by atoms with Crippen molar-refractivity contribution in [1.29, 1.82) is 0 Å². The van der Waals surface area contributed by atoms with Gasteiger partial charge in [0.1, 0.15) is 8.07 Å². The number of hydrogen-bond acceptors (Lipinski definition) is 0. The van der Waals surface area contributed by atoms with Gasteiger partial charge >= 0.3 is 21.7 Å². The Balaban J connectivity index is 0.00000462. The predicted octanol–water partition coefficient (Wildman–Crippen LogP) is -2.34. The second-order valence-electron chi connectivity index (χ2n) is 15.4. The summed E-state index contributed by atoms with van der Waals surface area (Å²) in [6.45, 7) is 31.9. The third-order valence-corrected chi connectivity index (χ3v) is 21.2. The van der Waals surface area contributed by atoms with Crippen molar-refractivity contribution in [3.05, 3.63) is 95.6 Å². The molecule has 1 atom stereocenters. The van der Waals surface area contributed by atoms with Crippen LogP contribution in [-0.4, -0.2) is 32.3 Å². The predicted molar refractivity (Wildman–Crippen MR) is 192 cm³/mol. The first-order valence-corrected chi connectivity index (χ1v) is 27.5. The minimum Gasteiger partial charge on any atom is -1.00 e. The van der Waals surface area contributed by atoms with Gasteiger partial charge in [-0.05, 0) is 15.6 Å². The van der Waals surface area contributed by atoms with Gasteiger partial charge in [0, 0.05) is 0 Å². The largest absolute Gasteiger partial charge is 4.00 e. The van der Waals surface area contributed by atoms with Gasteiger partial charge in [0.2, 0.25) is 0 Å². The number of hydrogen-bond donors (Lipinski definition) is 0. The van der Waals surface area contributed by atoms with Crippen molar-refractivity contribution in [1.82, 2.24) is 0 Å². The zero-order chi connectivity index (χ0) is 29.9. The molecular formula is C36H51Cl3Si4Ti. The van der Waals surface area contributed by atoms with E-state index in [1.54, 1.807) is 15.6 Å².